The van der Waals surface area contributed by atoms with Crippen molar-refractivity contribution in [2.45, 2.75) is 127 Å². The lowest BCUT2D eigenvalue weighted by Gasteiger charge is -2.36. The summed E-state index contributed by atoms with van der Waals surface area (Å²) in [6.07, 6.45) is 16.6. The molecular formula is C22H50N6O8. The third-order valence-corrected chi connectivity index (χ3v) is 7.57. The Morgan fingerprint density at radius 1 is 0.639 bits per heavy atom. The first-order valence-corrected chi connectivity index (χ1v) is 13.1. The van der Waals surface area contributed by atoms with E-state index in [2.05, 4.69) is 35.1 Å². The van der Waals surface area contributed by atoms with E-state index < -0.39 is 10.2 Å². The van der Waals surface area contributed by atoms with E-state index in [0.717, 1.165) is 36.3 Å². The number of quaternary nitrogens is 2. The number of fused-ring (bicyclic) bond motifs is 2. The van der Waals surface area contributed by atoms with Crippen LogP contribution in [0.2, 0.25) is 0 Å². The van der Waals surface area contributed by atoms with E-state index in [0.29, 0.717) is 0 Å². The highest BCUT2D eigenvalue weighted by Gasteiger charge is 2.32. The van der Waals surface area contributed by atoms with E-state index in [-0.39, 0.29) is 11.0 Å². The van der Waals surface area contributed by atoms with Crippen molar-refractivity contribution in [3.05, 3.63) is 30.6 Å². The second-order valence-electron chi connectivity index (χ2n) is 9.76. The van der Waals surface area contributed by atoms with E-state index in [1.165, 1.54) is 90.1 Å². The SMILES string of the molecule is CC[C@H]1CCN[C@@H]2CCCC[C@H]2[NH2+][C@H](CC)CCN[C@H]2CCCC[C@@H]2[NH2+]1.O.O.O=[N+]([O-])[O-].O=[N+]([O-])[O-]. The molecule has 1 aliphatic heterocycles. The molecule has 6 atom stereocenters. The fourth-order valence-electron chi connectivity index (χ4n) is 5.77. The van der Waals surface area contributed by atoms with Crippen molar-refractivity contribution in [1.82, 2.24) is 10.6 Å². The minimum atomic E-state index is -1.75. The van der Waals surface area contributed by atoms with Crippen molar-refractivity contribution in [2.24, 2.45) is 0 Å². The van der Waals surface area contributed by atoms with E-state index in [4.69, 9.17) is 30.6 Å². The Bertz CT molecular complexity index is 521. The molecule has 0 aromatic rings. The molecule has 0 bridgehead atoms. The minimum absolute atomic E-state index is 0. The average molecular weight is 527 g/mol. The molecule has 2 aliphatic carbocycles. The fraction of sp³-hybridized carbons (Fsp3) is 1.00. The van der Waals surface area contributed by atoms with Crippen LogP contribution >= 0.6 is 0 Å². The summed E-state index contributed by atoms with van der Waals surface area (Å²) in [5.41, 5.74) is 0. The fourth-order valence-corrected chi connectivity index (χ4v) is 5.77. The number of rotatable bonds is 2. The summed E-state index contributed by atoms with van der Waals surface area (Å²) >= 11 is 0. The standard InChI is InChI=1S/C22H44N4.2NO3.2H2O/c1-3-17-13-15-23-20-10-6-8-12-22(20)26-18(4-2)14-16-24-19-9-5-7-11-21(19)25-17;2*2-1(3)4;;/h17-26H,3-16H2,1-2H3;;;2*1H2/q;2*-1;;/p+2/t17-,18+,19-,20+,21-,22+;;;;. The smallest absolute Gasteiger partial charge is 0.102 e. The first-order valence-electron chi connectivity index (χ1n) is 13.1. The largest absolute Gasteiger partial charge is 0.412 e. The van der Waals surface area contributed by atoms with Gasteiger partial charge in [-0.25, -0.2) is 0 Å². The van der Waals surface area contributed by atoms with Crippen molar-refractivity contribution in [2.75, 3.05) is 13.1 Å². The quantitative estimate of drug-likeness (QED) is 0.259. The Labute approximate surface area is 213 Å². The molecule has 14 nitrogen and oxygen atoms in total. The van der Waals surface area contributed by atoms with Crippen molar-refractivity contribution >= 4 is 0 Å². The molecule has 36 heavy (non-hydrogen) atoms. The van der Waals surface area contributed by atoms with Crippen LogP contribution < -0.4 is 21.3 Å². The van der Waals surface area contributed by atoms with Gasteiger partial charge in [0, 0.05) is 38.8 Å². The molecule has 3 rings (SSSR count). The predicted octanol–water partition coefficient (Wildman–Crippen LogP) is -0.862. The van der Waals surface area contributed by atoms with Crippen LogP contribution in [0, 0.1) is 30.6 Å². The van der Waals surface area contributed by atoms with Crippen LogP contribution in [0.5, 0.6) is 0 Å². The molecule has 3 fully saturated rings. The Hall–Kier alpha value is -1.84. The molecule has 0 aromatic carbocycles. The third-order valence-electron chi connectivity index (χ3n) is 7.57. The van der Waals surface area contributed by atoms with E-state index in [9.17, 15) is 0 Å². The average Bonchev–Trinajstić information content (AvgIpc) is 2.78. The number of nitrogens with two attached hydrogens (primary N) is 2. The normalized spacial score (nSPS) is 30.8. The molecule has 2 saturated carbocycles. The van der Waals surface area contributed by atoms with Crippen LogP contribution in [0.25, 0.3) is 0 Å². The molecule has 0 amide bonds. The highest BCUT2D eigenvalue weighted by atomic mass is 16.9. The maximum absolute atomic E-state index is 8.25. The lowest BCUT2D eigenvalue weighted by Crippen LogP contribution is -2.99. The van der Waals surface area contributed by atoms with Gasteiger partial charge in [-0.1, -0.05) is 26.7 Å². The van der Waals surface area contributed by atoms with Crippen molar-refractivity contribution in [3.63, 3.8) is 0 Å². The third kappa shape index (κ3) is 16.0. The molecular weight excluding hydrogens is 476 g/mol. The summed E-state index contributed by atoms with van der Waals surface area (Å²) in [7, 11) is 0. The summed E-state index contributed by atoms with van der Waals surface area (Å²) < 4.78 is 0. The van der Waals surface area contributed by atoms with Crippen LogP contribution in [0.1, 0.15) is 90.9 Å². The molecule has 1 saturated heterocycles. The second kappa shape index (κ2) is 21.3. The Morgan fingerprint density at radius 3 is 1.25 bits per heavy atom. The monoisotopic (exact) mass is 526 g/mol. The number of hydrogen-bond donors (Lipinski definition) is 4. The summed E-state index contributed by atoms with van der Waals surface area (Å²) in [4.78, 5) is 16.5. The topological polar surface area (TPSA) is 253 Å². The maximum atomic E-state index is 8.25. The van der Waals surface area contributed by atoms with Crippen LogP contribution in [-0.4, -0.2) is 70.5 Å². The van der Waals surface area contributed by atoms with Gasteiger partial charge < -0.3 is 62.9 Å². The van der Waals surface area contributed by atoms with Gasteiger partial charge in [-0.3, -0.25) is 0 Å². The van der Waals surface area contributed by atoms with E-state index >= 15 is 0 Å². The van der Waals surface area contributed by atoms with Gasteiger partial charge in [0.1, 0.15) is 12.1 Å². The molecule has 10 N–H and O–H groups in total. The summed E-state index contributed by atoms with van der Waals surface area (Å²) in [5, 5.41) is 43.0. The van der Waals surface area contributed by atoms with Crippen LogP contribution in [-0.2, 0) is 0 Å². The zero-order chi connectivity index (χ0) is 25.3. The Balaban J connectivity index is 0. The van der Waals surface area contributed by atoms with Gasteiger partial charge in [0.15, 0.2) is 0 Å². The van der Waals surface area contributed by atoms with Crippen molar-refractivity contribution < 1.29 is 31.8 Å². The van der Waals surface area contributed by atoms with Crippen molar-refractivity contribution in [1.29, 1.82) is 0 Å². The van der Waals surface area contributed by atoms with E-state index in [1.807, 2.05) is 0 Å². The van der Waals surface area contributed by atoms with Gasteiger partial charge in [0.05, 0.1) is 34.3 Å². The first-order chi connectivity index (χ1) is 16.3. The highest BCUT2D eigenvalue weighted by molar-refractivity contribution is 4.83. The zero-order valence-electron chi connectivity index (χ0n) is 21.9. The summed E-state index contributed by atoms with van der Waals surface area (Å²) in [5.74, 6) is 0. The first kappa shape index (κ1) is 36.3. The van der Waals surface area contributed by atoms with Gasteiger partial charge in [-0.15, -0.1) is 0 Å². The Kier molecular flexibility index (Phi) is 21.5. The highest BCUT2D eigenvalue weighted by Crippen LogP contribution is 2.18. The van der Waals surface area contributed by atoms with Crippen molar-refractivity contribution in [3.8, 4) is 0 Å². The number of hydrogen-bond acceptors (Lipinski definition) is 8. The number of nitrogens with one attached hydrogen (secondary N) is 2. The molecule has 216 valence electrons. The predicted molar refractivity (Wildman–Crippen MR) is 137 cm³/mol. The molecule has 14 heteroatoms. The number of nitrogens with zero attached hydrogens (tertiary/aromatic N) is 2. The molecule has 0 spiro atoms. The summed E-state index contributed by atoms with van der Waals surface area (Å²) in [6, 6.07) is 4.70. The van der Waals surface area contributed by atoms with Crippen LogP contribution in [0.15, 0.2) is 0 Å². The van der Waals surface area contributed by atoms with Gasteiger partial charge in [0.25, 0.3) is 0 Å². The van der Waals surface area contributed by atoms with Gasteiger partial charge >= 0.3 is 0 Å². The molecule has 3 aliphatic rings. The zero-order valence-corrected chi connectivity index (χ0v) is 21.9. The Morgan fingerprint density at radius 2 is 0.944 bits per heavy atom. The molecule has 1 heterocycles. The second-order valence-corrected chi connectivity index (χ2v) is 9.76. The molecule has 0 unspecified atom stereocenters. The summed E-state index contributed by atoms with van der Waals surface area (Å²) in [6.45, 7) is 7.20. The lowest BCUT2D eigenvalue weighted by molar-refractivity contribution is -0.729. The van der Waals surface area contributed by atoms with Gasteiger partial charge in [0.2, 0.25) is 0 Å². The molecule has 0 aromatic heterocycles. The molecule has 0 radical (unpaired) electrons. The van der Waals surface area contributed by atoms with Gasteiger partial charge in [-0.05, 0) is 38.5 Å². The van der Waals surface area contributed by atoms with Crippen LogP contribution in [0.4, 0.5) is 0 Å². The van der Waals surface area contributed by atoms with Crippen LogP contribution in [0.3, 0.4) is 0 Å². The lowest BCUT2D eigenvalue weighted by atomic mass is 9.88. The minimum Gasteiger partial charge on any atom is -0.412 e. The maximum Gasteiger partial charge on any atom is 0.102 e. The van der Waals surface area contributed by atoms with Gasteiger partial charge in [-0.2, -0.15) is 0 Å². The van der Waals surface area contributed by atoms with E-state index in [1.54, 1.807) is 0 Å².